The van der Waals surface area contributed by atoms with Crippen molar-refractivity contribution in [3.8, 4) is 17.6 Å². The van der Waals surface area contributed by atoms with E-state index in [4.69, 9.17) is 10.5 Å². The molecule has 0 saturated heterocycles. The standard InChI is InChI=1S/C16H14N2O3/c17-10-2-3-13-6-8-14(9-7-13)12-21-16-5-1-4-15(11-16)18(19)20/h1,4-9,11H,10,12,17H2. The van der Waals surface area contributed by atoms with Crippen molar-refractivity contribution in [3.05, 3.63) is 69.8 Å². The molecule has 0 fully saturated rings. The zero-order valence-electron chi connectivity index (χ0n) is 11.3. The van der Waals surface area contributed by atoms with Crippen LogP contribution in [0.5, 0.6) is 5.75 Å². The molecule has 0 aliphatic carbocycles. The monoisotopic (exact) mass is 282 g/mol. The predicted molar refractivity (Wildman–Crippen MR) is 79.8 cm³/mol. The number of hydrogen-bond donors (Lipinski definition) is 1. The largest absolute Gasteiger partial charge is 0.489 e. The van der Waals surface area contributed by atoms with Crippen LogP contribution in [0.25, 0.3) is 0 Å². The highest BCUT2D eigenvalue weighted by molar-refractivity contribution is 5.39. The van der Waals surface area contributed by atoms with E-state index in [9.17, 15) is 10.1 Å². The van der Waals surface area contributed by atoms with E-state index in [1.54, 1.807) is 12.1 Å². The number of rotatable bonds is 4. The van der Waals surface area contributed by atoms with Crippen LogP contribution in [-0.4, -0.2) is 11.5 Å². The summed E-state index contributed by atoms with van der Waals surface area (Å²) in [6.07, 6.45) is 0. The third-order valence-corrected chi connectivity index (χ3v) is 2.72. The summed E-state index contributed by atoms with van der Waals surface area (Å²) in [4.78, 5) is 10.2. The van der Waals surface area contributed by atoms with Gasteiger partial charge in [0.2, 0.25) is 0 Å². The molecule has 5 heteroatoms. The maximum Gasteiger partial charge on any atom is 0.273 e. The van der Waals surface area contributed by atoms with Gasteiger partial charge in [-0.05, 0) is 23.8 Å². The second-order valence-electron chi connectivity index (χ2n) is 4.25. The van der Waals surface area contributed by atoms with Gasteiger partial charge in [0.1, 0.15) is 12.4 Å². The molecule has 0 spiro atoms. The first-order chi connectivity index (χ1) is 10.2. The number of hydrogen-bond acceptors (Lipinski definition) is 4. The van der Waals surface area contributed by atoms with Crippen molar-refractivity contribution in [3.63, 3.8) is 0 Å². The Balaban J connectivity index is 1.99. The lowest BCUT2D eigenvalue weighted by molar-refractivity contribution is -0.384. The highest BCUT2D eigenvalue weighted by Gasteiger charge is 2.06. The van der Waals surface area contributed by atoms with Crippen LogP contribution < -0.4 is 10.5 Å². The van der Waals surface area contributed by atoms with E-state index in [0.29, 0.717) is 18.9 Å². The Kier molecular flexibility index (Phi) is 4.91. The van der Waals surface area contributed by atoms with Crippen molar-refractivity contribution < 1.29 is 9.66 Å². The Labute approximate surface area is 122 Å². The van der Waals surface area contributed by atoms with E-state index in [0.717, 1.165) is 11.1 Å². The minimum absolute atomic E-state index is 0.0138. The molecule has 106 valence electrons. The molecule has 0 unspecified atom stereocenters. The zero-order chi connectivity index (χ0) is 15.1. The molecule has 0 aliphatic rings. The topological polar surface area (TPSA) is 78.4 Å². The Morgan fingerprint density at radius 3 is 2.62 bits per heavy atom. The first kappa shape index (κ1) is 14.6. The Hall–Kier alpha value is -2.84. The minimum atomic E-state index is -0.447. The van der Waals surface area contributed by atoms with E-state index in [2.05, 4.69) is 11.8 Å². The smallest absolute Gasteiger partial charge is 0.273 e. The Morgan fingerprint density at radius 2 is 1.95 bits per heavy atom. The predicted octanol–water partition coefficient (Wildman–Crippen LogP) is 2.48. The molecule has 5 nitrogen and oxygen atoms in total. The van der Waals surface area contributed by atoms with Crippen molar-refractivity contribution >= 4 is 5.69 Å². The summed E-state index contributed by atoms with van der Waals surface area (Å²) in [5.41, 5.74) is 7.17. The Bertz CT molecular complexity index is 685. The number of benzene rings is 2. The quantitative estimate of drug-likeness (QED) is 0.531. The fourth-order valence-corrected chi connectivity index (χ4v) is 1.69. The van der Waals surface area contributed by atoms with Gasteiger partial charge in [0.25, 0.3) is 5.69 Å². The number of nitrogens with zero attached hydrogens (tertiary/aromatic N) is 1. The van der Waals surface area contributed by atoms with E-state index in [1.807, 2.05) is 24.3 Å². The Morgan fingerprint density at radius 1 is 1.19 bits per heavy atom. The van der Waals surface area contributed by atoms with Gasteiger partial charge in [0, 0.05) is 11.6 Å². The van der Waals surface area contributed by atoms with Crippen molar-refractivity contribution in [2.24, 2.45) is 5.73 Å². The average molecular weight is 282 g/mol. The van der Waals surface area contributed by atoms with Crippen molar-refractivity contribution in [2.75, 3.05) is 6.54 Å². The molecule has 0 amide bonds. The van der Waals surface area contributed by atoms with Crippen LogP contribution in [0.4, 0.5) is 5.69 Å². The molecule has 2 rings (SSSR count). The fourth-order valence-electron chi connectivity index (χ4n) is 1.69. The number of ether oxygens (including phenoxy) is 1. The highest BCUT2D eigenvalue weighted by atomic mass is 16.6. The van der Waals surface area contributed by atoms with Crippen molar-refractivity contribution in [2.45, 2.75) is 6.61 Å². The molecule has 0 aliphatic heterocycles. The van der Waals surface area contributed by atoms with Crippen LogP contribution in [0.1, 0.15) is 11.1 Å². The second-order valence-corrected chi connectivity index (χ2v) is 4.25. The number of nitro benzene ring substituents is 1. The highest BCUT2D eigenvalue weighted by Crippen LogP contribution is 2.20. The second kappa shape index (κ2) is 7.08. The number of nitro groups is 1. The summed E-state index contributed by atoms with van der Waals surface area (Å²) >= 11 is 0. The van der Waals surface area contributed by atoms with Gasteiger partial charge in [-0.2, -0.15) is 0 Å². The van der Waals surface area contributed by atoms with Gasteiger partial charge < -0.3 is 10.5 Å². The van der Waals surface area contributed by atoms with Crippen LogP contribution >= 0.6 is 0 Å². The first-order valence-corrected chi connectivity index (χ1v) is 6.34. The minimum Gasteiger partial charge on any atom is -0.489 e. The van der Waals surface area contributed by atoms with Gasteiger partial charge in [0.15, 0.2) is 0 Å². The molecule has 0 heterocycles. The summed E-state index contributed by atoms with van der Waals surface area (Å²) in [5.74, 6) is 6.18. The maximum absolute atomic E-state index is 10.7. The van der Waals surface area contributed by atoms with E-state index < -0.39 is 4.92 Å². The van der Waals surface area contributed by atoms with Crippen LogP contribution in [0.15, 0.2) is 48.5 Å². The van der Waals surface area contributed by atoms with Crippen molar-refractivity contribution in [1.29, 1.82) is 0 Å². The van der Waals surface area contributed by atoms with Crippen LogP contribution in [0.3, 0.4) is 0 Å². The molecule has 0 saturated carbocycles. The maximum atomic E-state index is 10.7. The number of non-ortho nitro benzene ring substituents is 1. The van der Waals surface area contributed by atoms with E-state index in [-0.39, 0.29) is 5.69 Å². The molecule has 0 radical (unpaired) electrons. The molecular weight excluding hydrogens is 268 g/mol. The van der Waals surface area contributed by atoms with Crippen LogP contribution in [0.2, 0.25) is 0 Å². The lowest BCUT2D eigenvalue weighted by atomic mass is 10.1. The molecule has 0 atom stereocenters. The van der Waals surface area contributed by atoms with Crippen LogP contribution in [0, 0.1) is 22.0 Å². The third kappa shape index (κ3) is 4.34. The molecule has 2 aromatic carbocycles. The molecule has 0 aromatic heterocycles. The molecule has 2 N–H and O–H groups in total. The SMILES string of the molecule is NCC#Cc1ccc(COc2cccc([N+](=O)[O-])c2)cc1. The summed E-state index contributed by atoms with van der Waals surface area (Å²) in [7, 11) is 0. The summed E-state index contributed by atoms with van der Waals surface area (Å²) < 4.78 is 5.54. The average Bonchev–Trinajstić information content (AvgIpc) is 2.52. The molecule has 2 aromatic rings. The van der Waals surface area contributed by atoms with Crippen molar-refractivity contribution in [1.82, 2.24) is 0 Å². The molecule has 21 heavy (non-hydrogen) atoms. The number of nitrogens with two attached hydrogens (primary N) is 1. The normalized spacial score (nSPS) is 9.57. The van der Waals surface area contributed by atoms with Gasteiger partial charge in [-0.25, -0.2) is 0 Å². The fraction of sp³-hybridized carbons (Fsp3) is 0.125. The summed E-state index contributed by atoms with van der Waals surface area (Å²) in [6, 6.07) is 13.7. The zero-order valence-corrected chi connectivity index (χ0v) is 11.3. The van der Waals surface area contributed by atoms with E-state index >= 15 is 0 Å². The lowest BCUT2D eigenvalue weighted by Crippen LogP contribution is -1.96. The molecule has 0 bridgehead atoms. The van der Waals surface area contributed by atoms with Crippen LogP contribution in [-0.2, 0) is 6.61 Å². The van der Waals surface area contributed by atoms with Gasteiger partial charge in [0.05, 0.1) is 17.5 Å². The third-order valence-electron chi connectivity index (χ3n) is 2.72. The van der Waals surface area contributed by atoms with Gasteiger partial charge >= 0.3 is 0 Å². The van der Waals surface area contributed by atoms with Gasteiger partial charge in [-0.15, -0.1) is 0 Å². The van der Waals surface area contributed by atoms with Gasteiger partial charge in [-0.1, -0.05) is 30.0 Å². The van der Waals surface area contributed by atoms with Gasteiger partial charge in [-0.3, -0.25) is 10.1 Å². The lowest BCUT2D eigenvalue weighted by Gasteiger charge is -2.06. The summed E-state index contributed by atoms with van der Waals surface area (Å²) in [6.45, 7) is 0.670. The first-order valence-electron chi connectivity index (χ1n) is 6.34. The van der Waals surface area contributed by atoms with E-state index in [1.165, 1.54) is 12.1 Å². The summed E-state index contributed by atoms with van der Waals surface area (Å²) in [5, 5.41) is 10.7. The molecular formula is C16H14N2O3.